The van der Waals surface area contributed by atoms with Crippen molar-refractivity contribution >= 4 is 0 Å². The minimum Gasteiger partial charge on any atom is -0.377 e. The lowest BCUT2D eigenvalue weighted by Crippen LogP contribution is -2.27. The predicted octanol–water partition coefficient (Wildman–Crippen LogP) is 2.29. The van der Waals surface area contributed by atoms with Crippen LogP contribution in [0.2, 0.25) is 0 Å². The molecule has 0 spiro atoms. The summed E-state index contributed by atoms with van der Waals surface area (Å²) in [4.78, 5) is 4.24. The molecular formula is C14H18N2O. The Labute approximate surface area is 102 Å². The second-order valence-corrected chi connectivity index (χ2v) is 4.81. The Morgan fingerprint density at radius 1 is 1.18 bits per heavy atom. The zero-order valence-electron chi connectivity index (χ0n) is 10.7. The second-order valence-electron chi connectivity index (χ2n) is 4.81. The van der Waals surface area contributed by atoms with Crippen molar-refractivity contribution in [1.82, 2.24) is 9.55 Å². The monoisotopic (exact) mass is 230 g/mol. The number of nitrogens with zero attached hydrogens (tertiary/aromatic N) is 2. The lowest BCUT2D eigenvalue weighted by molar-refractivity contribution is 0.0890. The van der Waals surface area contributed by atoms with Gasteiger partial charge in [-0.1, -0.05) is 29.3 Å². The van der Waals surface area contributed by atoms with Gasteiger partial charge in [-0.05, 0) is 26.3 Å². The summed E-state index contributed by atoms with van der Waals surface area (Å²) in [5.74, 6) is 0.655. The van der Waals surface area contributed by atoms with Gasteiger partial charge in [0.15, 0.2) is 0 Å². The molecule has 1 unspecified atom stereocenters. The fourth-order valence-electron chi connectivity index (χ4n) is 2.22. The van der Waals surface area contributed by atoms with Crippen LogP contribution in [0.5, 0.6) is 0 Å². The summed E-state index contributed by atoms with van der Waals surface area (Å²) in [6.07, 6.45) is 3.54. The first-order valence-corrected chi connectivity index (χ1v) is 5.70. The van der Waals surface area contributed by atoms with Crippen molar-refractivity contribution in [1.29, 1.82) is 0 Å². The van der Waals surface area contributed by atoms with Crippen LogP contribution in [0.3, 0.4) is 0 Å². The predicted molar refractivity (Wildman–Crippen MR) is 67.8 cm³/mol. The molecule has 0 aliphatic heterocycles. The van der Waals surface area contributed by atoms with Crippen molar-refractivity contribution in [2.24, 2.45) is 7.05 Å². The third kappa shape index (κ3) is 2.11. The van der Waals surface area contributed by atoms with Crippen molar-refractivity contribution in [3.8, 4) is 0 Å². The van der Waals surface area contributed by atoms with Crippen molar-refractivity contribution < 1.29 is 5.11 Å². The third-order valence-electron chi connectivity index (χ3n) is 3.04. The van der Waals surface area contributed by atoms with Crippen LogP contribution in [0.4, 0.5) is 0 Å². The molecule has 0 aliphatic rings. The summed E-state index contributed by atoms with van der Waals surface area (Å²) < 4.78 is 1.84. The number of aryl methyl sites for hydroxylation is 3. The van der Waals surface area contributed by atoms with E-state index in [9.17, 15) is 5.11 Å². The Morgan fingerprint density at radius 2 is 1.76 bits per heavy atom. The number of aliphatic hydroxyl groups is 1. The lowest BCUT2D eigenvalue weighted by atomic mass is 9.92. The molecule has 0 radical (unpaired) electrons. The molecule has 1 atom stereocenters. The van der Waals surface area contributed by atoms with E-state index in [1.165, 1.54) is 0 Å². The molecule has 3 nitrogen and oxygen atoms in total. The zero-order chi connectivity index (χ0) is 12.6. The lowest BCUT2D eigenvalue weighted by Gasteiger charge is -2.24. The molecule has 0 saturated heterocycles. The first-order valence-electron chi connectivity index (χ1n) is 5.70. The SMILES string of the molecule is Cc1cc(C)cc(C(C)(O)c2nccn2C)c1. The number of hydrogen-bond donors (Lipinski definition) is 1. The van der Waals surface area contributed by atoms with Gasteiger partial charge in [-0.25, -0.2) is 4.98 Å². The van der Waals surface area contributed by atoms with Gasteiger partial charge in [0.05, 0.1) is 0 Å². The van der Waals surface area contributed by atoms with Crippen LogP contribution < -0.4 is 0 Å². The van der Waals surface area contributed by atoms with Crippen molar-refractivity contribution in [2.45, 2.75) is 26.4 Å². The Balaban J connectivity index is 2.55. The number of benzene rings is 1. The van der Waals surface area contributed by atoms with Crippen molar-refractivity contribution in [3.63, 3.8) is 0 Å². The molecule has 0 aliphatic carbocycles. The number of imidazole rings is 1. The molecule has 1 aromatic heterocycles. The Kier molecular flexibility index (Phi) is 2.79. The van der Waals surface area contributed by atoms with Crippen LogP contribution in [0.1, 0.15) is 29.4 Å². The van der Waals surface area contributed by atoms with E-state index < -0.39 is 5.60 Å². The molecule has 17 heavy (non-hydrogen) atoms. The van der Waals surface area contributed by atoms with E-state index in [1.54, 1.807) is 13.1 Å². The van der Waals surface area contributed by atoms with E-state index in [0.29, 0.717) is 5.82 Å². The summed E-state index contributed by atoms with van der Waals surface area (Å²) in [5.41, 5.74) is 2.11. The first-order chi connectivity index (χ1) is 7.91. The highest BCUT2D eigenvalue weighted by molar-refractivity contribution is 5.35. The molecule has 0 bridgehead atoms. The minimum atomic E-state index is -1.06. The summed E-state index contributed by atoms with van der Waals surface area (Å²) in [7, 11) is 1.89. The molecule has 0 fully saturated rings. The molecule has 2 aromatic rings. The van der Waals surface area contributed by atoms with Gasteiger partial charge in [0.1, 0.15) is 11.4 Å². The van der Waals surface area contributed by atoms with Crippen LogP contribution in [0, 0.1) is 13.8 Å². The highest BCUT2D eigenvalue weighted by Gasteiger charge is 2.29. The molecule has 1 N–H and O–H groups in total. The molecule has 0 amide bonds. The largest absolute Gasteiger partial charge is 0.377 e. The van der Waals surface area contributed by atoms with Gasteiger partial charge in [-0.15, -0.1) is 0 Å². The van der Waals surface area contributed by atoms with Crippen molar-refractivity contribution in [2.75, 3.05) is 0 Å². The van der Waals surface area contributed by atoms with Crippen LogP contribution in [0.25, 0.3) is 0 Å². The highest BCUT2D eigenvalue weighted by Crippen LogP contribution is 2.28. The molecule has 0 saturated carbocycles. The second kappa shape index (κ2) is 4.00. The maximum atomic E-state index is 10.7. The molecule has 3 heteroatoms. The quantitative estimate of drug-likeness (QED) is 0.859. The average molecular weight is 230 g/mol. The van der Waals surface area contributed by atoms with Gasteiger partial charge in [0.2, 0.25) is 0 Å². The van der Waals surface area contributed by atoms with Crippen LogP contribution in [-0.2, 0) is 12.6 Å². The maximum absolute atomic E-state index is 10.7. The molecule has 1 aromatic carbocycles. The van der Waals surface area contributed by atoms with E-state index in [4.69, 9.17) is 0 Å². The number of aromatic nitrogens is 2. The number of hydrogen-bond acceptors (Lipinski definition) is 2. The van der Waals surface area contributed by atoms with Gasteiger partial charge >= 0.3 is 0 Å². The smallest absolute Gasteiger partial charge is 0.144 e. The van der Waals surface area contributed by atoms with E-state index in [2.05, 4.69) is 11.1 Å². The Bertz CT molecular complexity index is 521. The van der Waals surface area contributed by atoms with Crippen LogP contribution >= 0.6 is 0 Å². The fourth-order valence-corrected chi connectivity index (χ4v) is 2.22. The van der Waals surface area contributed by atoms with Gasteiger partial charge in [-0.3, -0.25) is 0 Å². The first kappa shape index (κ1) is 11.9. The van der Waals surface area contributed by atoms with Gasteiger partial charge < -0.3 is 9.67 Å². The summed E-state index contributed by atoms with van der Waals surface area (Å²) in [5, 5.41) is 10.7. The topological polar surface area (TPSA) is 38.1 Å². The molecule has 90 valence electrons. The Hall–Kier alpha value is -1.61. The average Bonchev–Trinajstić information content (AvgIpc) is 2.63. The van der Waals surface area contributed by atoms with Crippen LogP contribution in [-0.4, -0.2) is 14.7 Å². The van der Waals surface area contributed by atoms with Crippen molar-refractivity contribution in [3.05, 3.63) is 53.1 Å². The summed E-state index contributed by atoms with van der Waals surface area (Å²) >= 11 is 0. The van der Waals surface area contributed by atoms with E-state index in [0.717, 1.165) is 16.7 Å². The minimum absolute atomic E-state index is 0.655. The van der Waals surface area contributed by atoms with Crippen LogP contribution in [0.15, 0.2) is 30.6 Å². The fraction of sp³-hybridized carbons (Fsp3) is 0.357. The summed E-state index contributed by atoms with van der Waals surface area (Å²) in [6.45, 7) is 5.85. The normalized spacial score (nSPS) is 14.6. The van der Waals surface area contributed by atoms with Gasteiger partial charge in [-0.2, -0.15) is 0 Å². The maximum Gasteiger partial charge on any atom is 0.144 e. The molecule has 2 rings (SSSR count). The molecular weight excluding hydrogens is 212 g/mol. The van der Waals surface area contributed by atoms with E-state index in [1.807, 2.05) is 43.8 Å². The third-order valence-corrected chi connectivity index (χ3v) is 3.04. The van der Waals surface area contributed by atoms with Gasteiger partial charge in [0, 0.05) is 19.4 Å². The van der Waals surface area contributed by atoms with E-state index in [-0.39, 0.29) is 0 Å². The zero-order valence-corrected chi connectivity index (χ0v) is 10.7. The van der Waals surface area contributed by atoms with E-state index >= 15 is 0 Å². The molecule has 1 heterocycles. The Morgan fingerprint density at radius 3 is 2.24 bits per heavy atom. The summed E-state index contributed by atoms with van der Waals surface area (Å²) in [6, 6.07) is 6.10. The highest BCUT2D eigenvalue weighted by atomic mass is 16.3. The number of rotatable bonds is 2. The standard InChI is InChI=1S/C14H18N2O/c1-10-7-11(2)9-12(8-10)14(3,17)13-15-5-6-16(13)4/h5-9,17H,1-4H3. The van der Waals surface area contributed by atoms with Gasteiger partial charge in [0.25, 0.3) is 0 Å².